The lowest BCUT2D eigenvalue weighted by Gasteiger charge is -2.09. The number of amides is 1. The van der Waals surface area contributed by atoms with Crippen molar-refractivity contribution in [1.29, 1.82) is 0 Å². The van der Waals surface area contributed by atoms with Crippen molar-refractivity contribution >= 4 is 11.6 Å². The molecule has 0 aliphatic carbocycles. The number of carbonyl (C=O) groups is 1. The number of pyridine rings is 1. The van der Waals surface area contributed by atoms with Crippen molar-refractivity contribution in [3.63, 3.8) is 0 Å². The standard InChI is InChI=1S/C20H18F4N4O/c1-11-4-6-17(16(21)8-11)26-19(29)9-15-12(2)27-28(13(15)3)18-7-5-14(10-25-18)20(22,23)24/h4-8,10H,9H2,1-3H3,(H,26,29). The van der Waals surface area contributed by atoms with Crippen molar-refractivity contribution in [3.05, 3.63) is 70.4 Å². The largest absolute Gasteiger partial charge is 0.417 e. The second-order valence-corrected chi connectivity index (χ2v) is 6.67. The van der Waals surface area contributed by atoms with Gasteiger partial charge in [0.1, 0.15) is 5.82 Å². The van der Waals surface area contributed by atoms with E-state index < -0.39 is 23.5 Å². The number of nitrogens with one attached hydrogen (secondary N) is 1. The minimum atomic E-state index is -4.48. The van der Waals surface area contributed by atoms with E-state index in [1.807, 2.05) is 0 Å². The van der Waals surface area contributed by atoms with E-state index in [2.05, 4.69) is 15.4 Å². The Kier molecular flexibility index (Phi) is 5.41. The molecule has 9 heteroatoms. The molecule has 0 bridgehead atoms. The molecular weight excluding hydrogens is 388 g/mol. The van der Waals surface area contributed by atoms with Crippen LogP contribution in [0.2, 0.25) is 0 Å². The first-order valence-electron chi connectivity index (χ1n) is 8.71. The highest BCUT2D eigenvalue weighted by atomic mass is 19.4. The Morgan fingerprint density at radius 1 is 1.14 bits per heavy atom. The fourth-order valence-electron chi connectivity index (χ4n) is 2.91. The fourth-order valence-corrected chi connectivity index (χ4v) is 2.91. The Balaban J connectivity index is 1.81. The number of rotatable bonds is 4. The van der Waals surface area contributed by atoms with Gasteiger partial charge >= 0.3 is 6.18 Å². The minimum Gasteiger partial charge on any atom is -0.323 e. The molecule has 29 heavy (non-hydrogen) atoms. The zero-order valence-electron chi connectivity index (χ0n) is 15.9. The maximum atomic E-state index is 13.9. The van der Waals surface area contributed by atoms with Crippen molar-refractivity contribution in [2.75, 3.05) is 5.32 Å². The maximum Gasteiger partial charge on any atom is 0.417 e. The summed E-state index contributed by atoms with van der Waals surface area (Å²) in [5.41, 5.74) is 1.64. The second kappa shape index (κ2) is 7.65. The molecule has 1 N–H and O–H groups in total. The van der Waals surface area contributed by atoms with Crippen LogP contribution >= 0.6 is 0 Å². The molecule has 2 aromatic heterocycles. The Labute approximate surface area is 164 Å². The van der Waals surface area contributed by atoms with Crippen molar-refractivity contribution in [3.8, 4) is 5.82 Å². The zero-order valence-corrected chi connectivity index (χ0v) is 15.9. The van der Waals surface area contributed by atoms with Crippen LogP contribution in [-0.2, 0) is 17.4 Å². The number of aromatic nitrogens is 3. The van der Waals surface area contributed by atoms with Crippen LogP contribution in [0, 0.1) is 26.6 Å². The first-order chi connectivity index (χ1) is 13.6. The van der Waals surface area contributed by atoms with E-state index in [0.717, 1.165) is 17.8 Å². The summed E-state index contributed by atoms with van der Waals surface area (Å²) in [6.07, 6.45) is -3.81. The van der Waals surface area contributed by atoms with Gasteiger partial charge < -0.3 is 5.32 Å². The van der Waals surface area contributed by atoms with Crippen LogP contribution < -0.4 is 5.32 Å². The van der Waals surface area contributed by atoms with Crippen LogP contribution in [0.3, 0.4) is 0 Å². The third kappa shape index (κ3) is 4.44. The number of benzene rings is 1. The lowest BCUT2D eigenvalue weighted by molar-refractivity contribution is -0.137. The van der Waals surface area contributed by atoms with Gasteiger partial charge in [-0.2, -0.15) is 18.3 Å². The molecule has 0 saturated heterocycles. The monoisotopic (exact) mass is 406 g/mol. The summed E-state index contributed by atoms with van der Waals surface area (Å²) in [4.78, 5) is 16.2. The summed E-state index contributed by atoms with van der Waals surface area (Å²) in [6.45, 7) is 5.11. The summed E-state index contributed by atoms with van der Waals surface area (Å²) in [5.74, 6) is -0.759. The van der Waals surface area contributed by atoms with Crippen LogP contribution in [0.4, 0.5) is 23.2 Å². The quantitative estimate of drug-likeness (QED) is 0.648. The molecular formula is C20H18F4N4O. The Hall–Kier alpha value is -3.23. The molecule has 0 unspecified atom stereocenters. The fraction of sp³-hybridized carbons (Fsp3) is 0.250. The predicted octanol–water partition coefficient (Wildman–Crippen LogP) is 4.53. The highest BCUT2D eigenvalue weighted by molar-refractivity contribution is 5.92. The maximum absolute atomic E-state index is 13.9. The van der Waals surface area contributed by atoms with E-state index in [0.29, 0.717) is 17.0 Å². The molecule has 0 spiro atoms. The summed E-state index contributed by atoms with van der Waals surface area (Å²) < 4.78 is 53.4. The summed E-state index contributed by atoms with van der Waals surface area (Å²) in [7, 11) is 0. The topological polar surface area (TPSA) is 59.8 Å². The van der Waals surface area contributed by atoms with Crippen molar-refractivity contribution in [2.45, 2.75) is 33.4 Å². The molecule has 0 radical (unpaired) electrons. The number of carbonyl (C=O) groups excluding carboxylic acids is 1. The van der Waals surface area contributed by atoms with Gasteiger partial charge in [0, 0.05) is 17.5 Å². The Bertz CT molecular complexity index is 1060. The van der Waals surface area contributed by atoms with E-state index in [9.17, 15) is 22.4 Å². The SMILES string of the molecule is Cc1ccc(NC(=O)Cc2c(C)nn(-c3ccc(C(F)(F)F)cn3)c2C)c(F)c1. The molecule has 0 atom stereocenters. The highest BCUT2D eigenvalue weighted by Gasteiger charge is 2.31. The summed E-state index contributed by atoms with van der Waals surface area (Å²) in [5, 5.41) is 6.80. The number of hydrogen-bond acceptors (Lipinski definition) is 3. The Morgan fingerprint density at radius 3 is 2.45 bits per heavy atom. The van der Waals surface area contributed by atoms with E-state index in [4.69, 9.17) is 0 Å². The van der Waals surface area contributed by atoms with E-state index in [1.165, 1.54) is 22.9 Å². The molecule has 1 amide bonds. The van der Waals surface area contributed by atoms with Crippen molar-refractivity contribution in [1.82, 2.24) is 14.8 Å². The Morgan fingerprint density at radius 2 is 1.86 bits per heavy atom. The van der Waals surface area contributed by atoms with Crippen LogP contribution in [0.5, 0.6) is 0 Å². The zero-order chi connectivity index (χ0) is 21.3. The van der Waals surface area contributed by atoms with Crippen LogP contribution in [0.25, 0.3) is 5.82 Å². The molecule has 152 valence electrons. The number of nitrogens with zero attached hydrogens (tertiary/aromatic N) is 3. The van der Waals surface area contributed by atoms with Crippen LogP contribution in [0.1, 0.15) is 28.1 Å². The molecule has 0 aliphatic rings. The summed E-state index contributed by atoms with van der Waals surface area (Å²) >= 11 is 0. The lowest BCUT2D eigenvalue weighted by atomic mass is 10.1. The smallest absolute Gasteiger partial charge is 0.323 e. The van der Waals surface area contributed by atoms with Gasteiger partial charge in [0.05, 0.1) is 23.4 Å². The molecule has 5 nitrogen and oxygen atoms in total. The lowest BCUT2D eigenvalue weighted by Crippen LogP contribution is -2.16. The predicted molar refractivity (Wildman–Crippen MR) is 99.3 cm³/mol. The molecule has 3 aromatic rings. The van der Waals surface area contributed by atoms with Gasteiger partial charge in [0.15, 0.2) is 5.82 Å². The van der Waals surface area contributed by atoms with E-state index in [1.54, 1.807) is 26.8 Å². The molecule has 0 saturated carbocycles. The van der Waals surface area contributed by atoms with Gasteiger partial charge in [-0.3, -0.25) is 4.79 Å². The van der Waals surface area contributed by atoms with Gasteiger partial charge in [-0.25, -0.2) is 14.1 Å². The average molecular weight is 406 g/mol. The van der Waals surface area contributed by atoms with Gasteiger partial charge in [-0.05, 0) is 50.6 Å². The van der Waals surface area contributed by atoms with Crippen LogP contribution in [-0.4, -0.2) is 20.7 Å². The molecule has 1 aromatic carbocycles. The number of anilines is 1. The highest BCUT2D eigenvalue weighted by Crippen LogP contribution is 2.29. The van der Waals surface area contributed by atoms with Gasteiger partial charge in [-0.15, -0.1) is 0 Å². The second-order valence-electron chi connectivity index (χ2n) is 6.67. The average Bonchev–Trinajstić information content (AvgIpc) is 2.92. The molecule has 0 aliphatic heterocycles. The number of aryl methyl sites for hydroxylation is 2. The summed E-state index contributed by atoms with van der Waals surface area (Å²) in [6, 6.07) is 6.63. The number of halogens is 4. The van der Waals surface area contributed by atoms with Gasteiger partial charge in [-0.1, -0.05) is 6.07 Å². The van der Waals surface area contributed by atoms with Crippen molar-refractivity contribution in [2.24, 2.45) is 0 Å². The number of hydrogen-bond donors (Lipinski definition) is 1. The van der Waals surface area contributed by atoms with E-state index >= 15 is 0 Å². The number of alkyl halides is 3. The third-order valence-electron chi connectivity index (χ3n) is 4.47. The molecule has 0 fully saturated rings. The normalized spacial score (nSPS) is 11.6. The molecule has 2 heterocycles. The minimum absolute atomic E-state index is 0.0639. The first-order valence-corrected chi connectivity index (χ1v) is 8.71. The van der Waals surface area contributed by atoms with Gasteiger partial charge in [0.2, 0.25) is 5.91 Å². The first kappa shape index (κ1) is 20.5. The van der Waals surface area contributed by atoms with Crippen LogP contribution in [0.15, 0.2) is 36.5 Å². The molecule has 3 rings (SSSR count). The van der Waals surface area contributed by atoms with E-state index in [-0.39, 0.29) is 17.9 Å². The van der Waals surface area contributed by atoms with Crippen molar-refractivity contribution < 1.29 is 22.4 Å². The van der Waals surface area contributed by atoms with Gasteiger partial charge in [0.25, 0.3) is 0 Å². The third-order valence-corrected chi connectivity index (χ3v) is 4.47.